The van der Waals surface area contributed by atoms with E-state index < -0.39 is 0 Å². The third-order valence-corrected chi connectivity index (χ3v) is 5.80. The van der Waals surface area contributed by atoms with Gasteiger partial charge in [0.15, 0.2) is 0 Å². The maximum absolute atomic E-state index is 4.65. The number of hydrogen-bond donors (Lipinski definition) is 1. The summed E-state index contributed by atoms with van der Waals surface area (Å²) in [6.07, 6.45) is 15.4. The highest BCUT2D eigenvalue weighted by atomic mass is 15.1. The normalized spacial score (nSPS) is 30.9. The fourth-order valence-corrected chi connectivity index (χ4v) is 4.66. The largest absolute Gasteiger partial charge is 0.337 e. The van der Waals surface area contributed by atoms with Gasteiger partial charge in [0.2, 0.25) is 0 Å². The number of imidazole rings is 1. The molecule has 0 aromatic carbocycles. The number of rotatable bonds is 5. The van der Waals surface area contributed by atoms with Crippen LogP contribution in [0.3, 0.4) is 0 Å². The minimum absolute atomic E-state index is 0.452. The van der Waals surface area contributed by atoms with E-state index in [1.54, 1.807) is 0 Å². The summed E-state index contributed by atoms with van der Waals surface area (Å²) in [5, 5.41) is 3.79. The van der Waals surface area contributed by atoms with Crippen molar-refractivity contribution in [2.24, 2.45) is 24.8 Å². The van der Waals surface area contributed by atoms with Gasteiger partial charge in [0.05, 0.1) is 6.04 Å². The van der Waals surface area contributed by atoms with Crippen molar-refractivity contribution in [3.8, 4) is 0 Å². The minimum atomic E-state index is 0.452. The molecule has 3 heteroatoms. The van der Waals surface area contributed by atoms with Crippen LogP contribution in [0.4, 0.5) is 0 Å². The number of aromatic nitrogens is 2. The van der Waals surface area contributed by atoms with Crippen molar-refractivity contribution in [1.29, 1.82) is 0 Å². The molecule has 0 amide bonds. The first-order valence-corrected chi connectivity index (χ1v) is 9.00. The Morgan fingerprint density at radius 3 is 2.76 bits per heavy atom. The molecule has 1 aromatic rings. The zero-order valence-corrected chi connectivity index (χ0v) is 13.7. The van der Waals surface area contributed by atoms with E-state index >= 15 is 0 Å². The lowest BCUT2D eigenvalue weighted by Crippen LogP contribution is -2.37. The van der Waals surface area contributed by atoms with E-state index in [9.17, 15) is 0 Å². The van der Waals surface area contributed by atoms with Gasteiger partial charge in [-0.2, -0.15) is 0 Å². The van der Waals surface area contributed by atoms with Crippen LogP contribution in [0.15, 0.2) is 12.4 Å². The number of fused-ring (bicyclic) bond motifs is 1. The lowest BCUT2D eigenvalue weighted by atomic mass is 9.66. The zero-order chi connectivity index (χ0) is 14.7. The minimum Gasteiger partial charge on any atom is -0.337 e. The fourth-order valence-electron chi connectivity index (χ4n) is 4.66. The van der Waals surface area contributed by atoms with Gasteiger partial charge in [0, 0.05) is 19.4 Å². The second-order valence-electron chi connectivity index (χ2n) is 7.21. The number of nitrogens with one attached hydrogen (secondary N) is 1. The molecule has 0 aliphatic heterocycles. The summed E-state index contributed by atoms with van der Waals surface area (Å²) in [7, 11) is 2.13. The van der Waals surface area contributed by atoms with Gasteiger partial charge in [-0.15, -0.1) is 0 Å². The highest BCUT2D eigenvalue weighted by Gasteiger charge is 2.36. The molecule has 118 valence electrons. The van der Waals surface area contributed by atoms with Crippen LogP contribution in [0.25, 0.3) is 0 Å². The summed E-state index contributed by atoms with van der Waals surface area (Å²) >= 11 is 0. The van der Waals surface area contributed by atoms with E-state index in [4.69, 9.17) is 0 Å². The highest BCUT2D eigenvalue weighted by molar-refractivity contribution is 5.03. The summed E-state index contributed by atoms with van der Waals surface area (Å²) in [5.41, 5.74) is 0. The molecule has 2 fully saturated rings. The third kappa shape index (κ3) is 3.33. The average molecular weight is 289 g/mol. The Bertz CT molecular complexity index is 439. The van der Waals surface area contributed by atoms with Gasteiger partial charge < -0.3 is 9.88 Å². The first-order chi connectivity index (χ1) is 10.3. The predicted octanol–water partition coefficient (Wildman–Crippen LogP) is 4.07. The maximum atomic E-state index is 4.65. The molecule has 3 nitrogen and oxygen atoms in total. The lowest BCUT2D eigenvalue weighted by molar-refractivity contribution is 0.107. The van der Waals surface area contributed by atoms with Crippen LogP contribution >= 0.6 is 0 Å². The topological polar surface area (TPSA) is 29.9 Å². The molecule has 2 aliphatic rings. The maximum Gasteiger partial charge on any atom is 0.125 e. The van der Waals surface area contributed by atoms with Crippen LogP contribution in [-0.4, -0.2) is 16.1 Å². The lowest BCUT2D eigenvalue weighted by Gasteiger charge is -2.42. The molecule has 1 heterocycles. The number of hydrogen-bond acceptors (Lipinski definition) is 2. The summed E-state index contributed by atoms with van der Waals surface area (Å²) in [5.74, 6) is 4.03. The zero-order valence-electron chi connectivity index (χ0n) is 13.7. The molecule has 0 spiro atoms. The average Bonchev–Trinajstić information content (AvgIpc) is 2.94. The van der Waals surface area contributed by atoms with E-state index in [-0.39, 0.29) is 0 Å². The predicted molar refractivity (Wildman–Crippen MR) is 87.0 cm³/mol. The Balaban J connectivity index is 1.72. The van der Waals surface area contributed by atoms with Crippen molar-refractivity contribution in [2.75, 3.05) is 6.54 Å². The van der Waals surface area contributed by atoms with Gasteiger partial charge in [-0.05, 0) is 50.0 Å². The Hall–Kier alpha value is -0.830. The van der Waals surface area contributed by atoms with Crippen LogP contribution in [-0.2, 0) is 7.05 Å². The van der Waals surface area contributed by atoms with Gasteiger partial charge in [-0.25, -0.2) is 4.98 Å². The molecule has 21 heavy (non-hydrogen) atoms. The van der Waals surface area contributed by atoms with Crippen molar-refractivity contribution in [2.45, 2.75) is 64.3 Å². The molecule has 2 saturated carbocycles. The summed E-state index contributed by atoms with van der Waals surface area (Å²) in [4.78, 5) is 4.65. The molecule has 2 aliphatic carbocycles. The summed E-state index contributed by atoms with van der Waals surface area (Å²) in [6.45, 7) is 3.35. The van der Waals surface area contributed by atoms with Crippen LogP contribution in [0.5, 0.6) is 0 Å². The van der Waals surface area contributed by atoms with Crippen LogP contribution < -0.4 is 5.32 Å². The van der Waals surface area contributed by atoms with E-state index in [0.717, 1.165) is 24.3 Å². The fraction of sp³-hybridized carbons (Fsp3) is 0.833. The summed E-state index contributed by atoms with van der Waals surface area (Å²) < 4.78 is 2.21. The number of nitrogens with zero attached hydrogens (tertiary/aromatic N) is 2. The van der Waals surface area contributed by atoms with Gasteiger partial charge in [-0.1, -0.05) is 32.6 Å². The van der Waals surface area contributed by atoms with Crippen molar-refractivity contribution < 1.29 is 0 Å². The quantitative estimate of drug-likeness (QED) is 0.885. The van der Waals surface area contributed by atoms with Crippen LogP contribution in [0, 0.1) is 17.8 Å². The molecule has 4 unspecified atom stereocenters. The van der Waals surface area contributed by atoms with Crippen molar-refractivity contribution in [3.63, 3.8) is 0 Å². The van der Waals surface area contributed by atoms with E-state index in [1.165, 1.54) is 57.2 Å². The second kappa shape index (κ2) is 6.95. The van der Waals surface area contributed by atoms with Gasteiger partial charge in [0.25, 0.3) is 0 Å². The molecule has 0 radical (unpaired) electrons. The Morgan fingerprint density at radius 1 is 1.24 bits per heavy atom. The van der Waals surface area contributed by atoms with Crippen LogP contribution in [0.2, 0.25) is 0 Å². The molecule has 0 bridgehead atoms. The number of aryl methyl sites for hydroxylation is 1. The van der Waals surface area contributed by atoms with Gasteiger partial charge in [-0.3, -0.25) is 0 Å². The molecule has 0 saturated heterocycles. The van der Waals surface area contributed by atoms with Crippen molar-refractivity contribution >= 4 is 0 Å². The van der Waals surface area contributed by atoms with Gasteiger partial charge in [0.1, 0.15) is 5.82 Å². The highest BCUT2D eigenvalue weighted by Crippen LogP contribution is 2.45. The molecule has 3 rings (SSSR count). The second-order valence-corrected chi connectivity index (χ2v) is 7.21. The molecular formula is C18H31N3. The van der Waals surface area contributed by atoms with E-state index in [1.807, 2.05) is 6.20 Å². The standard InChI is InChI=1S/C18H31N3/c1-3-10-19-17(18-20-11-12-21(18)2)16-9-8-14-6-4-5-7-15(14)13-16/h11-12,14-17,19H,3-10,13H2,1-2H3. The molecule has 1 aromatic heterocycles. The van der Waals surface area contributed by atoms with Crippen molar-refractivity contribution in [1.82, 2.24) is 14.9 Å². The SMILES string of the molecule is CCCNC(c1nccn1C)C1CCC2CCCCC2C1. The summed E-state index contributed by atoms with van der Waals surface area (Å²) in [6, 6.07) is 0.452. The smallest absolute Gasteiger partial charge is 0.125 e. The first-order valence-electron chi connectivity index (χ1n) is 9.00. The molecular weight excluding hydrogens is 258 g/mol. The van der Waals surface area contributed by atoms with Crippen molar-refractivity contribution in [3.05, 3.63) is 18.2 Å². The monoisotopic (exact) mass is 289 g/mol. The van der Waals surface area contributed by atoms with E-state index in [0.29, 0.717) is 6.04 Å². The van der Waals surface area contributed by atoms with Gasteiger partial charge >= 0.3 is 0 Å². The molecule has 1 N–H and O–H groups in total. The Morgan fingerprint density at radius 2 is 2.05 bits per heavy atom. The Kier molecular flexibility index (Phi) is 4.99. The van der Waals surface area contributed by atoms with E-state index in [2.05, 4.69) is 35.0 Å². The third-order valence-electron chi connectivity index (χ3n) is 5.80. The first kappa shape index (κ1) is 15.1. The molecule has 4 atom stereocenters. The Labute approximate surface area is 129 Å². The van der Waals surface area contributed by atoms with Crippen LogP contribution in [0.1, 0.15) is 70.2 Å².